The van der Waals surface area contributed by atoms with Crippen molar-refractivity contribution in [1.82, 2.24) is 24.8 Å². The summed E-state index contributed by atoms with van der Waals surface area (Å²) in [6.07, 6.45) is 3.68. The molecule has 0 radical (unpaired) electrons. The Morgan fingerprint density at radius 2 is 1.89 bits per heavy atom. The van der Waals surface area contributed by atoms with Crippen LogP contribution in [0.2, 0.25) is 0 Å². The van der Waals surface area contributed by atoms with Crippen LogP contribution in [0.5, 0.6) is 0 Å². The van der Waals surface area contributed by atoms with E-state index in [0.29, 0.717) is 5.92 Å². The molecule has 8 heteroatoms. The predicted octanol–water partition coefficient (Wildman–Crippen LogP) is 4.00. The van der Waals surface area contributed by atoms with Crippen LogP contribution in [0.1, 0.15) is 50.7 Å². The molecule has 0 atom stereocenters. The van der Waals surface area contributed by atoms with E-state index in [1.165, 1.54) is 11.3 Å². The summed E-state index contributed by atoms with van der Waals surface area (Å²) < 4.78 is 0. The van der Waals surface area contributed by atoms with Crippen molar-refractivity contribution in [2.24, 2.45) is 0 Å². The SMILES string of the molecule is Cc1nccc(-c2sc(C3CCN(C(=O)c4scnc4C)CC3)nc2C)n1. The molecule has 3 aromatic rings. The minimum Gasteiger partial charge on any atom is -0.338 e. The molecule has 140 valence electrons. The van der Waals surface area contributed by atoms with E-state index in [4.69, 9.17) is 4.98 Å². The van der Waals surface area contributed by atoms with Crippen LogP contribution in [0.25, 0.3) is 10.6 Å². The lowest BCUT2D eigenvalue weighted by Gasteiger charge is -2.30. The van der Waals surface area contributed by atoms with Gasteiger partial charge in [-0.15, -0.1) is 22.7 Å². The van der Waals surface area contributed by atoms with Gasteiger partial charge in [-0.05, 0) is 39.7 Å². The minimum atomic E-state index is 0.112. The van der Waals surface area contributed by atoms with Gasteiger partial charge in [-0.25, -0.2) is 19.9 Å². The predicted molar refractivity (Wildman–Crippen MR) is 107 cm³/mol. The third-order valence-electron chi connectivity index (χ3n) is 4.89. The van der Waals surface area contributed by atoms with E-state index >= 15 is 0 Å². The van der Waals surface area contributed by atoms with Crippen LogP contribution in [-0.4, -0.2) is 43.8 Å². The van der Waals surface area contributed by atoms with Gasteiger partial charge in [-0.2, -0.15) is 0 Å². The summed E-state index contributed by atoms with van der Waals surface area (Å²) in [5.41, 5.74) is 4.53. The van der Waals surface area contributed by atoms with Crippen molar-refractivity contribution in [3.8, 4) is 10.6 Å². The van der Waals surface area contributed by atoms with Crippen LogP contribution in [0.3, 0.4) is 0 Å². The van der Waals surface area contributed by atoms with Crippen molar-refractivity contribution in [2.75, 3.05) is 13.1 Å². The highest BCUT2D eigenvalue weighted by molar-refractivity contribution is 7.15. The Labute approximate surface area is 166 Å². The summed E-state index contributed by atoms with van der Waals surface area (Å²) in [6, 6.07) is 1.94. The number of hydrogen-bond acceptors (Lipinski definition) is 7. The van der Waals surface area contributed by atoms with Crippen molar-refractivity contribution >= 4 is 28.6 Å². The zero-order chi connectivity index (χ0) is 19.0. The molecular weight excluding hydrogens is 378 g/mol. The maximum atomic E-state index is 12.7. The Bertz CT molecular complexity index is 972. The molecule has 4 rings (SSSR count). The Kier molecular flexibility index (Phi) is 5.01. The molecule has 0 aromatic carbocycles. The number of rotatable bonds is 3. The molecular formula is C19H21N5OS2. The molecule has 3 aromatic heterocycles. The molecule has 6 nitrogen and oxygen atoms in total. The van der Waals surface area contributed by atoms with Crippen LogP contribution in [-0.2, 0) is 0 Å². The number of carbonyl (C=O) groups excluding carboxylic acids is 1. The zero-order valence-corrected chi connectivity index (χ0v) is 17.2. The number of nitrogens with zero attached hydrogens (tertiary/aromatic N) is 5. The molecule has 0 aliphatic carbocycles. The van der Waals surface area contributed by atoms with Gasteiger partial charge in [0.05, 0.1) is 32.5 Å². The fourth-order valence-corrected chi connectivity index (χ4v) is 5.37. The van der Waals surface area contributed by atoms with Crippen LogP contribution >= 0.6 is 22.7 Å². The highest BCUT2D eigenvalue weighted by Gasteiger charge is 2.28. The molecule has 1 saturated heterocycles. The van der Waals surface area contributed by atoms with E-state index < -0.39 is 0 Å². The number of thiazole rings is 2. The highest BCUT2D eigenvalue weighted by Crippen LogP contribution is 2.36. The molecule has 4 heterocycles. The van der Waals surface area contributed by atoms with Gasteiger partial charge in [0.15, 0.2) is 0 Å². The Morgan fingerprint density at radius 3 is 2.56 bits per heavy atom. The Hall–Kier alpha value is -2.19. The van der Waals surface area contributed by atoms with Gasteiger partial charge in [0.1, 0.15) is 10.7 Å². The lowest BCUT2D eigenvalue weighted by Crippen LogP contribution is -2.37. The van der Waals surface area contributed by atoms with Crippen LogP contribution in [0.4, 0.5) is 0 Å². The smallest absolute Gasteiger partial charge is 0.265 e. The lowest BCUT2D eigenvalue weighted by molar-refractivity contribution is 0.0717. The first-order chi connectivity index (χ1) is 13.0. The van der Waals surface area contributed by atoms with Crippen molar-refractivity contribution in [3.63, 3.8) is 0 Å². The molecule has 0 N–H and O–H groups in total. The second-order valence-corrected chi connectivity index (χ2v) is 8.67. The Balaban J connectivity index is 1.47. The number of piperidine rings is 1. The third-order valence-corrected chi connectivity index (χ3v) is 7.15. The number of carbonyl (C=O) groups is 1. The molecule has 1 amide bonds. The number of hydrogen-bond donors (Lipinski definition) is 0. The minimum absolute atomic E-state index is 0.112. The summed E-state index contributed by atoms with van der Waals surface area (Å²) >= 11 is 3.15. The van der Waals surface area contributed by atoms with Crippen molar-refractivity contribution < 1.29 is 4.79 Å². The van der Waals surface area contributed by atoms with Gasteiger partial charge < -0.3 is 4.90 Å². The van der Waals surface area contributed by atoms with Gasteiger partial charge in [-0.3, -0.25) is 4.79 Å². The molecule has 0 unspecified atom stereocenters. The van der Waals surface area contributed by atoms with Gasteiger partial charge >= 0.3 is 0 Å². The number of likely N-dealkylation sites (tertiary alicyclic amines) is 1. The number of aromatic nitrogens is 4. The summed E-state index contributed by atoms with van der Waals surface area (Å²) in [4.78, 5) is 34.2. The van der Waals surface area contributed by atoms with E-state index in [9.17, 15) is 4.79 Å². The van der Waals surface area contributed by atoms with Gasteiger partial charge in [0.25, 0.3) is 5.91 Å². The molecule has 1 aliphatic rings. The normalized spacial score (nSPS) is 15.3. The average molecular weight is 400 g/mol. The van der Waals surface area contributed by atoms with Crippen LogP contribution in [0, 0.1) is 20.8 Å². The summed E-state index contributed by atoms with van der Waals surface area (Å²) in [5, 5.41) is 1.15. The van der Waals surface area contributed by atoms with Gasteiger partial charge in [-0.1, -0.05) is 0 Å². The summed E-state index contributed by atoms with van der Waals surface area (Å²) in [6.45, 7) is 7.37. The summed E-state index contributed by atoms with van der Waals surface area (Å²) in [7, 11) is 0. The van der Waals surface area contributed by atoms with Crippen LogP contribution in [0.15, 0.2) is 17.8 Å². The summed E-state index contributed by atoms with van der Waals surface area (Å²) in [5.74, 6) is 1.28. The van der Waals surface area contributed by atoms with E-state index in [0.717, 1.165) is 63.6 Å². The average Bonchev–Trinajstić information content (AvgIpc) is 3.27. The van der Waals surface area contributed by atoms with Gasteiger partial charge in [0.2, 0.25) is 0 Å². The van der Waals surface area contributed by atoms with Crippen LogP contribution < -0.4 is 0 Å². The van der Waals surface area contributed by atoms with Gasteiger partial charge in [0, 0.05) is 25.2 Å². The molecule has 0 spiro atoms. The van der Waals surface area contributed by atoms with E-state index in [1.54, 1.807) is 23.0 Å². The first kappa shape index (κ1) is 18.2. The van der Waals surface area contributed by atoms with E-state index in [1.807, 2.05) is 31.7 Å². The maximum Gasteiger partial charge on any atom is 0.265 e. The molecule has 0 saturated carbocycles. The quantitative estimate of drug-likeness (QED) is 0.666. The highest BCUT2D eigenvalue weighted by atomic mass is 32.1. The first-order valence-corrected chi connectivity index (χ1v) is 10.7. The van der Waals surface area contributed by atoms with E-state index in [2.05, 4.69) is 15.0 Å². The van der Waals surface area contributed by atoms with Crippen molar-refractivity contribution in [3.05, 3.63) is 44.9 Å². The fraction of sp³-hybridized carbons (Fsp3) is 0.421. The first-order valence-electron chi connectivity index (χ1n) is 8.99. The molecule has 0 bridgehead atoms. The standard InChI is InChI=1S/C19H21N5OS2/c1-11-17(26-10-21-11)19(25)24-8-5-14(6-9-24)18-22-12(2)16(27-18)15-4-7-20-13(3)23-15/h4,7,10,14H,5-6,8-9H2,1-3H3. The van der Waals surface area contributed by atoms with Crippen molar-refractivity contribution in [1.29, 1.82) is 0 Å². The molecule has 27 heavy (non-hydrogen) atoms. The second-order valence-electron chi connectivity index (χ2n) is 6.79. The number of amides is 1. The fourth-order valence-electron chi connectivity index (χ4n) is 3.39. The lowest BCUT2D eigenvalue weighted by atomic mass is 9.97. The number of aryl methyl sites for hydroxylation is 3. The van der Waals surface area contributed by atoms with Crippen molar-refractivity contribution in [2.45, 2.75) is 39.5 Å². The third kappa shape index (κ3) is 3.64. The maximum absolute atomic E-state index is 12.7. The second kappa shape index (κ2) is 7.44. The Morgan fingerprint density at radius 1 is 1.11 bits per heavy atom. The zero-order valence-electron chi connectivity index (χ0n) is 15.6. The molecule has 1 aliphatic heterocycles. The van der Waals surface area contributed by atoms with E-state index in [-0.39, 0.29) is 5.91 Å². The molecule has 1 fully saturated rings. The monoisotopic (exact) mass is 399 g/mol. The topological polar surface area (TPSA) is 71.9 Å². The largest absolute Gasteiger partial charge is 0.338 e.